The molecule has 0 aromatic heterocycles. The molecule has 3 nitrogen and oxygen atoms in total. The van der Waals surface area contributed by atoms with E-state index in [1.807, 2.05) is 6.07 Å². The molecule has 1 unspecified atom stereocenters. The first-order chi connectivity index (χ1) is 8.92. The number of hydrogen-bond acceptors (Lipinski definition) is 3. The second-order valence-electron chi connectivity index (χ2n) is 6.42. The van der Waals surface area contributed by atoms with E-state index in [0.717, 1.165) is 30.8 Å². The summed E-state index contributed by atoms with van der Waals surface area (Å²) in [5.41, 5.74) is 2.11. The second kappa shape index (κ2) is 3.89. The molecule has 0 amide bonds. The van der Waals surface area contributed by atoms with E-state index in [9.17, 15) is 5.11 Å². The van der Waals surface area contributed by atoms with E-state index in [2.05, 4.69) is 26.8 Å². The lowest BCUT2D eigenvalue weighted by Gasteiger charge is -2.49. The van der Waals surface area contributed by atoms with Crippen LogP contribution in [0.15, 0.2) is 12.1 Å². The zero-order chi connectivity index (χ0) is 13.8. The number of benzene rings is 1. The Morgan fingerprint density at radius 3 is 2.74 bits per heavy atom. The van der Waals surface area contributed by atoms with Crippen molar-refractivity contribution in [2.45, 2.75) is 51.7 Å². The molecule has 1 aromatic carbocycles. The van der Waals surface area contributed by atoms with Gasteiger partial charge in [-0.15, -0.1) is 0 Å². The van der Waals surface area contributed by atoms with Gasteiger partial charge in [-0.2, -0.15) is 0 Å². The van der Waals surface area contributed by atoms with E-state index in [4.69, 9.17) is 9.47 Å². The van der Waals surface area contributed by atoms with Gasteiger partial charge >= 0.3 is 0 Å². The molecule has 3 rings (SSSR count). The molecule has 1 N–H and O–H groups in total. The smallest absolute Gasteiger partial charge is 0.203 e. The van der Waals surface area contributed by atoms with Crippen LogP contribution >= 0.6 is 0 Å². The summed E-state index contributed by atoms with van der Waals surface area (Å²) in [6, 6.07) is 4.15. The van der Waals surface area contributed by atoms with Gasteiger partial charge in [0.05, 0.1) is 7.11 Å². The maximum Gasteiger partial charge on any atom is 0.203 e. The number of aliphatic hydroxyl groups excluding tert-OH is 1. The average molecular weight is 262 g/mol. The van der Waals surface area contributed by atoms with Crippen molar-refractivity contribution in [3.63, 3.8) is 0 Å². The van der Waals surface area contributed by atoms with Gasteiger partial charge in [0, 0.05) is 16.4 Å². The van der Waals surface area contributed by atoms with Gasteiger partial charge in [-0.25, -0.2) is 0 Å². The van der Waals surface area contributed by atoms with Crippen molar-refractivity contribution in [1.29, 1.82) is 0 Å². The highest BCUT2D eigenvalue weighted by Crippen LogP contribution is 2.62. The predicted molar refractivity (Wildman–Crippen MR) is 73.7 cm³/mol. The number of hydrogen-bond donors (Lipinski definition) is 1. The normalized spacial score (nSPS) is 36.4. The molecule has 3 heteroatoms. The van der Waals surface area contributed by atoms with E-state index in [1.54, 1.807) is 7.11 Å². The molecule has 3 atom stereocenters. The molecular weight excluding hydrogens is 240 g/mol. The highest BCUT2D eigenvalue weighted by Gasteiger charge is 2.58. The summed E-state index contributed by atoms with van der Waals surface area (Å²) >= 11 is 0. The zero-order valence-electron chi connectivity index (χ0n) is 12.1. The van der Waals surface area contributed by atoms with E-state index >= 15 is 0 Å². The number of methoxy groups -OCH3 is 1. The summed E-state index contributed by atoms with van der Waals surface area (Å²) in [6.07, 6.45) is 2.46. The number of aryl methyl sites for hydroxylation is 1. The van der Waals surface area contributed by atoms with Gasteiger partial charge in [0.1, 0.15) is 0 Å². The minimum absolute atomic E-state index is 0.0424. The molecule has 0 bridgehead atoms. The lowest BCUT2D eigenvalue weighted by Crippen LogP contribution is -2.51. The van der Waals surface area contributed by atoms with Crippen molar-refractivity contribution in [3.05, 3.63) is 23.3 Å². The Morgan fingerprint density at radius 1 is 1.32 bits per heavy atom. The first kappa shape index (κ1) is 12.8. The molecule has 104 valence electrons. The van der Waals surface area contributed by atoms with Crippen LogP contribution in [0, 0.1) is 12.3 Å². The SMILES string of the molecule is COc1cc(C)cc2c1OC(O)[C@@]1(C)CCC[C@@]21C. The van der Waals surface area contributed by atoms with E-state index in [-0.39, 0.29) is 10.8 Å². The third kappa shape index (κ3) is 1.48. The fraction of sp³-hybridized carbons (Fsp3) is 0.625. The van der Waals surface area contributed by atoms with Gasteiger partial charge in [-0.05, 0) is 31.4 Å². The molecule has 1 heterocycles. The lowest BCUT2D eigenvalue weighted by molar-refractivity contribution is -0.145. The number of rotatable bonds is 1. The van der Waals surface area contributed by atoms with Crippen LogP contribution in [0.3, 0.4) is 0 Å². The Hall–Kier alpha value is -1.22. The summed E-state index contributed by atoms with van der Waals surface area (Å²) in [7, 11) is 1.65. The van der Waals surface area contributed by atoms with E-state index in [0.29, 0.717) is 0 Å². The van der Waals surface area contributed by atoms with Crippen LogP contribution in [0.4, 0.5) is 0 Å². The highest BCUT2D eigenvalue weighted by molar-refractivity contribution is 5.55. The molecule has 0 spiro atoms. The van der Waals surface area contributed by atoms with Crippen molar-refractivity contribution < 1.29 is 14.6 Å². The fourth-order valence-corrected chi connectivity index (χ4v) is 3.87. The molecule has 1 fully saturated rings. The number of aliphatic hydroxyl groups is 1. The van der Waals surface area contributed by atoms with Crippen LogP contribution in [-0.4, -0.2) is 18.5 Å². The molecule has 2 aliphatic rings. The van der Waals surface area contributed by atoms with Crippen LogP contribution in [0.2, 0.25) is 0 Å². The van der Waals surface area contributed by atoms with Crippen LogP contribution in [0.25, 0.3) is 0 Å². The van der Waals surface area contributed by atoms with Crippen LogP contribution in [-0.2, 0) is 5.41 Å². The van der Waals surface area contributed by atoms with Crippen molar-refractivity contribution in [3.8, 4) is 11.5 Å². The first-order valence-electron chi connectivity index (χ1n) is 6.96. The maximum absolute atomic E-state index is 10.5. The van der Waals surface area contributed by atoms with Crippen molar-refractivity contribution in [2.24, 2.45) is 5.41 Å². The second-order valence-corrected chi connectivity index (χ2v) is 6.42. The Morgan fingerprint density at radius 2 is 2.05 bits per heavy atom. The lowest BCUT2D eigenvalue weighted by atomic mass is 9.62. The standard InChI is InChI=1S/C16H22O3/c1-10-8-11-13(12(9-10)18-4)19-14(17)16(3)7-5-6-15(11,16)2/h8-9,14,17H,5-7H2,1-4H3/t14?,15-,16+/m0/s1. The minimum Gasteiger partial charge on any atom is -0.493 e. The Labute approximate surface area is 114 Å². The Balaban J connectivity index is 2.26. The van der Waals surface area contributed by atoms with Crippen LogP contribution in [0.5, 0.6) is 11.5 Å². The fourth-order valence-electron chi connectivity index (χ4n) is 3.87. The third-order valence-electron chi connectivity index (χ3n) is 5.42. The van der Waals surface area contributed by atoms with Crippen LogP contribution in [0.1, 0.15) is 44.2 Å². The third-order valence-corrected chi connectivity index (χ3v) is 5.42. The minimum atomic E-state index is -0.760. The monoisotopic (exact) mass is 262 g/mol. The molecule has 1 aromatic rings. The highest BCUT2D eigenvalue weighted by atomic mass is 16.6. The molecule has 1 aliphatic carbocycles. The van der Waals surface area contributed by atoms with Crippen LogP contribution < -0.4 is 9.47 Å². The quantitative estimate of drug-likeness (QED) is 0.845. The molecule has 1 aliphatic heterocycles. The number of ether oxygens (including phenoxy) is 2. The largest absolute Gasteiger partial charge is 0.493 e. The predicted octanol–water partition coefficient (Wildman–Crippen LogP) is 3.16. The topological polar surface area (TPSA) is 38.7 Å². The average Bonchev–Trinajstić information content (AvgIpc) is 2.69. The maximum atomic E-state index is 10.5. The van der Waals surface area contributed by atoms with Gasteiger partial charge in [0.15, 0.2) is 11.5 Å². The van der Waals surface area contributed by atoms with Crippen molar-refractivity contribution in [1.82, 2.24) is 0 Å². The van der Waals surface area contributed by atoms with Gasteiger partial charge in [-0.3, -0.25) is 0 Å². The van der Waals surface area contributed by atoms with Gasteiger partial charge < -0.3 is 14.6 Å². The molecule has 1 saturated carbocycles. The summed E-state index contributed by atoms with van der Waals surface area (Å²) < 4.78 is 11.3. The summed E-state index contributed by atoms with van der Waals surface area (Å²) in [5.74, 6) is 1.45. The molecule has 19 heavy (non-hydrogen) atoms. The Bertz CT molecular complexity index is 525. The van der Waals surface area contributed by atoms with Crippen molar-refractivity contribution >= 4 is 0 Å². The van der Waals surface area contributed by atoms with E-state index in [1.165, 1.54) is 11.1 Å². The van der Waals surface area contributed by atoms with Crippen molar-refractivity contribution in [2.75, 3.05) is 7.11 Å². The number of fused-ring (bicyclic) bond motifs is 3. The van der Waals surface area contributed by atoms with Gasteiger partial charge in [-0.1, -0.05) is 26.3 Å². The molecule has 0 saturated heterocycles. The summed E-state index contributed by atoms with van der Waals surface area (Å²) in [4.78, 5) is 0. The molecule has 0 radical (unpaired) electrons. The first-order valence-corrected chi connectivity index (χ1v) is 6.96. The van der Waals surface area contributed by atoms with Gasteiger partial charge in [0.2, 0.25) is 6.29 Å². The summed E-state index contributed by atoms with van der Waals surface area (Å²) in [5, 5.41) is 10.5. The van der Waals surface area contributed by atoms with E-state index < -0.39 is 6.29 Å². The zero-order valence-corrected chi connectivity index (χ0v) is 12.1. The Kier molecular flexibility index (Phi) is 2.62. The molecular formula is C16H22O3. The van der Waals surface area contributed by atoms with Gasteiger partial charge in [0.25, 0.3) is 0 Å². The summed E-state index contributed by atoms with van der Waals surface area (Å²) in [6.45, 7) is 6.47.